The molecule has 1 aliphatic rings. The van der Waals surface area contributed by atoms with Crippen molar-refractivity contribution >= 4 is 23.6 Å². The van der Waals surface area contributed by atoms with Crippen LogP contribution < -0.4 is 0 Å². The molecule has 0 saturated carbocycles. The first-order chi connectivity index (χ1) is 6.93. The molecular weight excluding hydrogens is 216 g/mol. The molecule has 0 radical (unpaired) electrons. The highest BCUT2D eigenvalue weighted by atomic mass is 35.5. The normalized spacial score (nSPS) is 20.4. The molecule has 3 heterocycles. The molecule has 1 unspecified atom stereocenters. The fourth-order valence-electron chi connectivity index (χ4n) is 1.68. The van der Waals surface area contributed by atoms with Gasteiger partial charge in [0, 0.05) is 12.5 Å². The lowest BCUT2D eigenvalue weighted by atomic mass is 10.1. The van der Waals surface area contributed by atoms with Gasteiger partial charge in [0.15, 0.2) is 5.65 Å². The predicted octanol–water partition coefficient (Wildman–Crippen LogP) is 1.28. The summed E-state index contributed by atoms with van der Waals surface area (Å²) in [6, 6.07) is 0. The second kappa shape index (κ2) is 4.12. The largest absolute Gasteiger partial charge is 0.381 e. The number of imidazole rings is 1. The van der Waals surface area contributed by atoms with Gasteiger partial charge in [-0.15, -0.1) is 12.4 Å². The van der Waals surface area contributed by atoms with Gasteiger partial charge in [-0.3, -0.25) is 0 Å². The summed E-state index contributed by atoms with van der Waals surface area (Å²) in [5.74, 6) is 1.19. The van der Waals surface area contributed by atoms with E-state index in [2.05, 4.69) is 19.9 Å². The van der Waals surface area contributed by atoms with Gasteiger partial charge in [-0.05, 0) is 6.42 Å². The average molecular weight is 227 g/mol. The van der Waals surface area contributed by atoms with Crippen molar-refractivity contribution in [3.8, 4) is 0 Å². The second-order valence-electron chi connectivity index (χ2n) is 3.43. The number of nitrogens with zero attached hydrogens (tertiary/aromatic N) is 3. The zero-order valence-corrected chi connectivity index (χ0v) is 8.83. The van der Waals surface area contributed by atoms with Crippen molar-refractivity contribution in [1.29, 1.82) is 0 Å². The molecule has 0 amide bonds. The van der Waals surface area contributed by atoms with Gasteiger partial charge in [0.1, 0.15) is 11.3 Å². The van der Waals surface area contributed by atoms with E-state index in [1.807, 2.05) is 0 Å². The lowest BCUT2D eigenvalue weighted by Gasteiger charge is -2.03. The van der Waals surface area contributed by atoms with E-state index in [9.17, 15) is 0 Å². The van der Waals surface area contributed by atoms with Gasteiger partial charge in [0.05, 0.1) is 19.1 Å². The molecule has 1 atom stereocenters. The Kier molecular flexibility index (Phi) is 2.83. The fraction of sp³-hybridized carbons (Fsp3) is 0.444. The predicted molar refractivity (Wildman–Crippen MR) is 57.1 cm³/mol. The quantitative estimate of drug-likeness (QED) is 0.796. The van der Waals surface area contributed by atoms with Crippen molar-refractivity contribution in [3.05, 3.63) is 18.3 Å². The number of aromatic amines is 1. The Bertz CT molecular complexity index is 452. The SMILES string of the molecule is Cl.c1nc2nc(C3CCOC3)ncc2[nH]1. The molecule has 0 aromatic carbocycles. The smallest absolute Gasteiger partial charge is 0.180 e. The molecule has 2 aromatic rings. The number of fused-ring (bicyclic) bond motifs is 1. The summed E-state index contributed by atoms with van der Waals surface area (Å²) < 4.78 is 5.30. The summed E-state index contributed by atoms with van der Waals surface area (Å²) in [4.78, 5) is 15.8. The van der Waals surface area contributed by atoms with Gasteiger partial charge >= 0.3 is 0 Å². The zero-order chi connectivity index (χ0) is 9.38. The van der Waals surface area contributed by atoms with Crippen molar-refractivity contribution in [2.24, 2.45) is 0 Å². The highest BCUT2D eigenvalue weighted by molar-refractivity contribution is 5.85. The van der Waals surface area contributed by atoms with E-state index in [-0.39, 0.29) is 12.4 Å². The number of aromatic nitrogens is 4. The van der Waals surface area contributed by atoms with Crippen LogP contribution in [0.15, 0.2) is 12.5 Å². The van der Waals surface area contributed by atoms with Gasteiger partial charge in [0.25, 0.3) is 0 Å². The Balaban J connectivity index is 0.000000853. The first-order valence-electron chi connectivity index (χ1n) is 4.67. The van der Waals surface area contributed by atoms with E-state index in [0.717, 1.165) is 36.6 Å². The molecule has 15 heavy (non-hydrogen) atoms. The molecule has 80 valence electrons. The number of ether oxygens (including phenoxy) is 1. The molecular formula is C9H11ClN4O. The minimum atomic E-state index is 0. The van der Waals surface area contributed by atoms with E-state index in [1.165, 1.54) is 0 Å². The molecule has 6 heteroatoms. The minimum absolute atomic E-state index is 0. The van der Waals surface area contributed by atoms with Crippen LogP contribution in [0.25, 0.3) is 11.2 Å². The monoisotopic (exact) mass is 226 g/mol. The van der Waals surface area contributed by atoms with Gasteiger partial charge in [-0.1, -0.05) is 0 Å². The van der Waals surface area contributed by atoms with Crippen molar-refractivity contribution in [2.75, 3.05) is 13.2 Å². The van der Waals surface area contributed by atoms with E-state index in [4.69, 9.17) is 4.74 Å². The van der Waals surface area contributed by atoms with Crippen LogP contribution in [-0.2, 0) is 4.74 Å². The average Bonchev–Trinajstić information content (AvgIpc) is 2.88. The van der Waals surface area contributed by atoms with Crippen LogP contribution in [0.4, 0.5) is 0 Å². The topological polar surface area (TPSA) is 63.7 Å². The lowest BCUT2D eigenvalue weighted by molar-refractivity contribution is 0.193. The van der Waals surface area contributed by atoms with Crippen LogP contribution in [0.2, 0.25) is 0 Å². The van der Waals surface area contributed by atoms with Crippen LogP contribution in [0.3, 0.4) is 0 Å². The summed E-state index contributed by atoms with van der Waals surface area (Å²) in [6.07, 6.45) is 4.42. The summed E-state index contributed by atoms with van der Waals surface area (Å²) in [5.41, 5.74) is 1.62. The number of H-pyrrole nitrogens is 1. The van der Waals surface area contributed by atoms with Crippen molar-refractivity contribution in [3.63, 3.8) is 0 Å². The number of hydrogen-bond donors (Lipinski definition) is 1. The number of halogens is 1. The summed E-state index contributed by atoms with van der Waals surface area (Å²) >= 11 is 0. The molecule has 1 saturated heterocycles. The third-order valence-electron chi connectivity index (χ3n) is 2.49. The Morgan fingerprint density at radius 2 is 2.33 bits per heavy atom. The summed E-state index contributed by atoms with van der Waals surface area (Å²) in [7, 11) is 0. The maximum absolute atomic E-state index is 5.30. The van der Waals surface area contributed by atoms with Gasteiger partial charge in [-0.2, -0.15) is 0 Å². The molecule has 0 aliphatic carbocycles. The number of rotatable bonds is 1. The van der Waals surface area contributed by atoms with Crippen molar-refractivity contribution < 1.29 is 4.74 Å². The van der Waals surface area contributed by atoms with Crippen LogP contribution in [-0.4, -0.2) is 33.1 Å². The molecule has 5 nitrogen and oxygen atoms in total. The highest BCUT2D eigenvalue weighted by Gasteiger charge is 2.20. The van der Waals surface area contributed by atoms with E-state index >= 15 is 0 Å². The maximum Gasteiger partial charge on any atom is 0.180 e. The molecule has 2 aromatic heterocycles. The zero-order valence-electron chi connectivity index (χ0n) is 8.01. The first-order valence-corrected chi connectivity index (χ1v) is 4.67. The Morgan fingerprint density at radius 1 is 1.40 bits per heavy atom. The van der Waals surface area contributed by atoms with Gasteiger partial charge in [0.2, 0.25) is 0 Å². The Hall–Kier alpha value is -1.20. The standard InChI is InChI=1S/C9H10N4O.ClH/c1-2-14-4-6(1)8-10-3-7-9(13-8)12-5-11-7;/h3,5-6H,1-2,4H2,(H,10,11,12,13);1H. The van der Waals surface area contributed by atoms with Crippen molar-refractivity contribution in [1.82, 2.24) is 19.9 Å². The first kappa shape index (κ1) is 10.3. The molecule has 3 rings (SSSR count). The van der Waals surface area contributed by atoms with Crippen LogP contribution in [0, 0.1) is 0 Å². The third kappa shape index (κ3) is 1.80. The fourth-order valence-corrected chi connectivity index (χ4v) is 1.68. The third-order valence-corrected chi connectivity index (χ3v) is 2.49. The van der Waals surface area contributed by atoms with Crippen LogP contribution >= 0.6 is 12.4 Å². The second-order valence-corrected chi connectivity index (χ2v) is 3.43. The van der Waals surface area contributed by atoms with Crippen LogP contribution in [0.1, 0.15) is 18.2 Å². The number of hydrogen-bond acceptors (Lipinski definition) is 4. The van der Waals surface area contributed by atoms with Crippen molar-refractivity contribution in [2.45, 2.75) is 12.3 Å². The molecule has 1 aliphatic heterocycles. The van der Waals surface area contributed by atoms with Crippen LogP contribution in [0.5, 0.6) is 0 Å². The number of nitrogens with one attached hydrogen (secondary N) is 1. The minimum Gasteiger partial charge on any atom is -0.381 e. The van der Waals surface area contributed by atoms with Gasteiger partial charge in [-0.25, -0.2) is 15.0 Å². The summed E-state index contributed by atoms with van der Waals surface area (Å²) in [6.45, 7) is 1.54. The molecule has 0 bridgehead atoms. The Labute approximate surface area is 92.7 Å². The maximum atomic E-state index is 5.30. The molecule has 1 fully saturated rings. The van der Waals surface area contributed by atoms with Gasteiger partial charge < -0.3 is 9.72 Å². The lowest BCUT2D eigenvalue weighted by Crippen LogP contribution is -2.03. The van der Waals surface area contributed by atoms with E-state index in [0.29, 0.717) is 5.92 Å². The molecule has 0 spiro atoms. The molecule has 1 N–H and O–H groups in total. The summed E-state index contributed by atoms with van der Waals surface area (Å²) in [5, 5.41) is 0. The Morgan fingerprint density at radius 3 is 3.13 bits per heavy atom. The van der Waals surface area contributed by atoms with E-state index in [1.54, 1.807) is 12.5 Å². The van der Waals surface area contributed by atoms with E-state index < -0.39 is 0 Å². The highest BCUT2D eigenvalue weighted by Crippen LogP contribution is 2.22.